The van der Waals surface area contributed by atoms with Gasteiger partial charge in [0.05, 0.1) is 13.2 Å². The lowest BCUT2D eigenvalue weighted by molar-refractivity contribution is 0.184. The van der Waals surface area contributed by atoms with E-state index < -0.39 is 0 Å². The molecule has 0 aliphatic heterocycles. The minimum absolute atomic E-state index is 0.645. The Kier molecular flexibility index (Phi) is 5.88. The van der Waals surface area contributed by atoms with Gasteiger partial charge in [-0.3, -0.25) is 0 Å². The van der Waals surface area contributed by atoms with Crippen LogP contribution in [0.25, 0.3) is 0 Å². The Balaban J connectivity index is 1.76. The number of nitrogens with zero attached hydrogens (tertiary/aromatic N) is 3. The zero-order valence-corrected chi connectivity index (χ0v) is 12.6. The van der Waals surface area contributed by atoms with Crippen LogP contribution in [0.3, 0.4) is 0 Å². The molecule has 0 bridgehead atoms. The molecule has 0 amide bonds. The number of hydrogen-bond donors (Lipinski definition) is 0. The lowest BCUT2D eigenvalue weighted by Crippen LogP contribution is -2.06. The molecule has 0 unspecified atom stereocenters. The van der Waals surface area contributed by atoms with Gasteiger partial charge in [0, 0.05) is 19.4 Å². The molecule has 1 aromatic carbocycles. The molecule has 1 aromatic heterocycles. The molecule has 108 valence electrons. The first-order valence-corrected chi connectivity index (χ1v) is 7.48. The van der Waals surface area contributed by atoms with E-state index in [1.54, 1.807) is 25.2 Å². The summed E-state index contributed by atoms with van der Waals surface area (Å²) in [6.07, 6.45) is 1.73. The fraction of sp³-hybridized carbons (Fsp3) is 0.429. The fourth-order valence-electron chi connectivity index (χ4n) is 1.70. The lowest BCUT2D eigenvalue weighted by Gasteiger charge is -2.09. The van der Waals surface area contributed by atoms with Gasteiger partial charge in [0.25, 0.3) is 0 Å². The van der Waals surface area contributed by atoms with Gasteiger partial charge in [-0.25, -0.2) is 0 Å². The molecule has 0 saturated carbocycles. The molecule has 0 aliphatic rings. The molecular weight excluding hydrogens is 274 g/mol. The van der Waals surface area contributed by atoms with Gasteiger partial charge in [-0.15, -0.1) is 10.2 Å². The number of benzene rings is 1. The third-order valence-corrected chi connectivity index (χ3v) is 3.73. The maximum absolute atomic E-state index is 5.75. The van der Waals surface area contributed by atoms with Crippen molar-refractivity contribution >= 4 is 11.8 Å². The van der Waals surface area contributed by atoms with Crippen LogP contribution >= 0.6 is 11.8 Å². The molecule has 0 radical (unpaired) electrons. The van der Waals surface area contributed by atoms with E-state index in [9.17, 15) is 0 Å². The van der Waals surface area contributed by atoms with Crippen LogP contribution in [-0.4, -0.2) is 40.8 Å². The largest absolute Gasteiger partial charge is 0.492 e. The van der Waals surface area contributed by atoms with Gasteiger partial charge < -0.3 is 14.0 Å². The maximum Gasteiger partial charge on any atom is 0.191 e. The average Bonchev–Trinajstić information content (AvgIpc) is 2.90. The smallest absolute Gasteiger partial charge is 0.191 e. The van der Waals surface area contributed by atoms with E-state index in [2.05, 4.69) is 10.2 Å². The van der Waals surface area contributed by atoms with E-state index in [1.807, 2.05) is 35.8 Å². The minimum Gasteiger partial charge on any atom is -0.492 e. The van der Waals surface area contributed by atoms with Crippen molar-refractivity contribution in [3.05, 3.63) is 36.2 Å². The van der Waals surface area contributed by atoms with Gasteiger partial charge in [0.2, 0.25) is 0 Å². The molecule has 2 rings (SSSR count). The molecule has 20 heavy (non-hydrogen) atoms. The Morgan fingerprint density at radius 1 is 1.25 bits per heavy atom. The first kappa shape index (κ1) is 14.9. The van der Waals surface area contributed by atoms with Crippen LogP contribution in [0.15, 0.2) is 35.7 Å². The van der Waals surface area contributed by atoms with Crippen molar-refractivity contribution in [3.8, 4) is 5.75 Å². The standard InChI is InChI=1S/C14H19N3O2S/c1-12-5-3-4-6-13(12)19-9-10-20-14-16-15-11-17(14)7-8-18-2/h3-6,11H,7-10H2,1-2H3. The van der Waals surface area contributed by atoms with Crippen LogP contribution in [0.2, 0.25) is 0 Å². The molecule has 0 aliphatic carbocycles. The van der Waals surface area contributed by atoms with E-state index in [1.165, 1.54) is 0 Å². The number of thioether (sulfide) groups is 1. The highest BCUT2D eigenvalue weighted by atomic mass is 32.2. The van der Waals surface area contributed by atoms with Crippen molar-refractivity contribution in [3.63, 3.8) is 0 Å². The molecule has 0 N–H and O–H groups in total. The molecule has 0 saturated heterocycles. The van der Waals surface area contributed by atoms with E-state index >= 15 is 0 Å². The minimum atomic E-state index is 0.645. The monoisotopic (exact) mass is 293 g/mol. The summed E-state index contributed by atoms with van der Waals surface area (Å²) in [5.74, 6) is 1.77. The SMILES string of the molecule is COCCn1cnnc1SCCOc1ccccc1C. The first-order valence-electron chi connectivity index (χ1n) is 6.49. The van der Waals surface area contributed by atoms with Crippen molar-refractivity contribution in [1.29, 1.82) is 0 Å². The van der Waals surface area contributed by atoms with Gasteiger partial charge in [0.1, 0.15) is 12.1 Å². The second-order valence-corrected chi connectivity index (χ2v) is 5.32. The number of methoxy groups -OCH3 is 1. The predicted octanol–water partition coefficient (Wildman–Crippen LogP) is 2.40. The fourth-order valence-corrected chi connectivity index (χ4v) is 2.46. The van der Waals surface area contributed by atoms with E-state index in [-0.39, 0.29) is 0 Å². The molecule has 2 aromatic rings. The van der Waals surface area contributed by atoms with E-state index in [0.29, 0.717) is 13.2 Å². The normalized spacial score (nSPS) is 10.7. The van der Waals surface area contributed by atoms with Crippen LogP contribution in [0.5, 0.6) is 5.75 Å². The first-order chi connectivity index (χ1) is 9.81. The van der Waals surface area contributed by atoms with Gasteiger partial charge in [0.15, 0.2) is 5.16 Å². The maximum atomic E-state index is 5.75. The van der Waals surface area contributed by atoms with Crippen LogP contribution in [0, 0.1) is 6.92 Å². The molecule has 1 heterocycles. The summed E-state index contributed by atoms with van der Waals surface area (Å²) in [6, 6.07) is 8.02. The average molecular weight is 293 g/mol. The number of ether oxygens (including phenoxy) is 2. The Bertz CT molecular complexity index is 531. The summed E-state index contributed by atoms with van der Waals surface area (Å²) in [5.41, 5.74) is 1.15. The van der Waals surface area contributed by atoms with E-state index in [4.69, 9.17) is 9.47 Å². The topological polar surface area (TPSA) is 49.2 Å². The Morgan fingerprint density at radius 3 is 2.90 bits per heavy atom. The van der Waals surface area contributed by atoms with Gasteiger partial charge >= 0.3 is 0 Å². The molecule has 5 nitrogen and oxygen atoms in total. The predicted molar refractivity (Wildman–Crippen MR) is 79.3 cm³/mol. The summed E-state index contributed by atoms with van der Waals surface area (Å²) in [7, 11) is 1.69. The zero-order chi connectivity index (χ0) is 14.2. The lowest BCUT2D eigenvalue weighted by atomic mass is 10.2. The summed E-state index contributed by atoms with van der Waals surface area (Å²) in [6.45, 7) is 4.12. The molecular formula is C14H19N3O2S. The van der Waals surface area contributed by atoms with Crippen molar-refractivity contribution in [2.24, 2.45) is 0 Å². The van der Waals surface area contributed by atoms with Crippen LogP contribution in [-0.2, 0) is 11.3 Å². The molecule has 6 heteroatoms. The van der Waals surface area contributed by atoms with Crippen LogP contribution in [0.1, 0.15) is 5.56 Å². The van der Waals surface area contributed by atoms with Gasteiger partial charge in [-0.1, -0.05) is 30.0 Å². The van der Waals surface area contributed by atoms with Crippen molar-refractivity contribution in [1.82, 2.24) is 14.8 Å². The molecule has 0 atom stereocenters. The number of rotatable bonds is 8. The van der Waals surface area contributed by atoms with Crippen molar-refractivity contribution < 1.29 is 9.47 Å². The molecule has 0 spiro atoms. The molecule has 0 fully saturated rings. The second-order valence-electron chi connectivity index (χ2n) is 4.26. The number of aryl methyl sites for hydroxylation is 1. The van der Waals surface area contributed by atoms with E-state index in [0.717, 1.165) is 28.8 Å². The van der Waals surface area contributed by atoms with Gasteiger partial charge in [-0.2, -0.15) is 0 Å². The third kappa shape index (κ3) is 4.25. The third-order valence-electron chi connectivity index (χ3n) is 2.78. The summed E-state index contributed by atoms with van der Waals surface area (Å²) in [5, 5.41) is 8.92. The number of hydrogen-bond acceptors (Lipinski definition) is 5. The Hall–Kier alpha value is -1.53. The second kappa shape index (κ2) is 7.91. The highest BCUT2D eigenvalue weighted by molar-refractivity contribution is 7.99. The zero-order valence-electron chi connectivity index (χ0n) is 11.8. The van der Waals surface area contributed by atoms with Crippen LogP contribution in [0.4, 0.5) is 0 Å². The van der Waals surface area contributed by atoms with Crippen molar-refractivity contribution in [2.45, 2.75) is 18.6 Å². The summed E-state index contributed by atoms with van der Waals surface area (Å²) >= 11 is 1.64. The summed E-state index contributed by atoms with van der Waals surface area (Å²) < 4.78 is 12.8. The number of aromatic nitrogens is 3. The Morgan fingerprint density at radius 2 is 2.10 bits per heavy atom. The van der Waals surface area contributed by atoms with Gasteiger partial charge in [-0.05, 0) is 18.6 Å². The quantitative estimate of drug-likeness (QED) is 0.552. The van der Waals surface area contributed by atoms with Crippen LogP contribution < -0.4 is 4.74 Å². The highest BCUT2D eigenvalue weighted by Gasteiger charge is 2.05. The Labute approximate surface area is 123 Å². The van der Waals surface area contributed by atoms with Crippen molar-refractivity contribution in [2.75, 3.05) is 26.1 Å². The highest BCUT2D eigenvalue weighted by Crippen LogP contribution is 2.18. The summed E-state index contributed by atoms with van der Waals surface area (Å²) in [4.78, 5) is 0. The number of para-hydroxylation sites is 1.